The van der Waals surface area contributed by atoms with Crippen LogP contribution in [0, 0.1) is 25.2 Å². The van der Waals surface area contributed by atoms with Crippen molar-refractivity contribution < 1.29 is 4.79 Å². The summed E-state index contributed by atoms with van der Waals surface area (Å²) in [5.74, 6) is 0. The minimum atomic E-state index is 0.371. The molecule has 0 spiro atoms. The fraction of sp³-hybridized carbons (Fsp3) is 0.154. The summed E-state index contributed by atoms with van der Waals surface area (Å²) in [5.41, 5.74) is 3.15. The van der Waals surface area contributed by atoms with E-state index >= 15 is 0 Å². The van der Waals surface area contributed by atoms with Crippen LogP contribution in [0.4, 0.5) is 0 Å². The number of carbonyl (C=O) groups is 1. The zero-order valence-corrected chi connectivity index (χ0v) is 10.7. The van der Waals surface area contributed by atoms with Crippen LogP contribution >= 0.6 is 11.6 Å². The molecule has 0 atom stereocenters. The topological polar surface area (TPSA) is 58.7 Å². The van der Waals surface area contributed by atoms with Gasteiger partial charge in [-0.1, -0.05) is 11.6 Å². The molecule has 1 aromatic carbocycles. The molecule has 0 bridgehead atoms. The Hall–Kier alpha value is -2.12. The minimum Gasteiger partial charge on any atom is -0.298 e. The van der Waals surface area contributed by atoms with Crippen LogP contribution in [-0.4, -0.2) is 16.1 Å². The Morgan fingerprint density at radius 3 is 2.67 bits per heavy atom. The van der Waals surface area contributed by atoms with Gasteiger partial charge >= 0.3 is 0 Å². The largest absolute Gasteiger partial charge is 0.298 e. The number of halogens is 1. The van der Waals surface area contributed by atoms with Crippen molar-refractivity contribution in [3.8, 4) is 11.8 Å². The fourth-order valence-corrected chi connectivity index (χ4v) is 2.02. The van der Waals surface area contributed by atoms with Gasteiger partial charge < -0.3 is 0 Å². The number of rotatable bonds is 2. The molecule has 90 valence electrons. The Morgan fingerprint density at radius 1 is 1.44 bits per heavy atom. The Kier molecular flexibility index (Phi) is 3.17. The zero-order chi connectivity index (χ0) is 13.3. The van der Waals surface area contributed by atoms with Crippen molar-refractivity contribution in [1.29, 1.82) is 5.26 Å². The summed E-state index contributed by atoms with van der Waals surface area (Å²) < 4.78 is 1.64. The van der Waals surface area contributed by atoms with Crippen molar-refractivity contribution >= 4 is 17.9 Å². The van der Waals surface area contributed by atoms with Crippen LogP contribution in [-0.2, 0) is 0 Å². The molecule has 0 saturated carbocycles. The first kappa shape index (κ1) is 12.3. The molecular weight excluding hydrogens is 250 g/mol. The Labute approximate surface area is 109 Å². The molecule has 18 heavy (non-hydrogen) atoms. The van der Waals surface area contributed by atoms with Gasteiger partial charge in [0.15, 0.2) is 6.29 Å². The molecule has 2 rings (SSSR count). The molecular formula is C13H10ClN3O. The average Bonchev–Trinajstić information content (AvgIpc) is 2.64. The molecule has 0 unspecified atom stereocenters. The van der Waals surface area contributed by atoms with Crippen LogP contribution in [0.25, 0.3) is 5.69 Å². The summed E-state index contributed by atoms with van der Waals surface area (Å²) in [7, 11) is 0. The van der Waals surface area contributed by atoms with Crippen molar-refractivity contribution in [2.45, 2.75) is 13.8 Å². The number of hydrogen-bond acceptors (Lipinski definition) is 3. The molecule has 0 radical (unpaired) electrons. The molecule has 0 aliphatic heterocycles. The van der Waals surface area contributed by atoms with Crippen LogP contribution in [0.3, 0.4) is 0 Å². The molecule has 4 nitrogen and oxygen atoms in total. The number of aldehydes is 1. The summed E-state index contributed by atoms with van der Waals surface area (Å²) in [6, 6.07) is 7.04. The van der Waals surface area contributed by atoms with Gasteiger partial charge in [0.2, 0.25) is 0 Å². The minimum absolute atomic E-state index is 0.371. The maximum atomic E-state index is 10.9. The normalized spacial score (nSPS) is 10.1. The van der Waals surface area contributed by atoms with Gasteiger partial charge in [-0.25, -0.2) is 4.68 Å². The molecule has 5 heteroatoms. The Bertz CT molecular complexity index is 668. The lowest BCUT2D eigenvalue weighted by Crippen LogP contribution is -1.99. The summed E-state index contributed by atoms with van der Waals surface area (Å²) in [5, 5.41) is 13.5. The molecule has 1 aromatic heterocycles. The highest BCUT2D eigenvalue weighted by molar-refractivity contribution is 6.31. The number of aromatic nitrogens is 2. The van der Waals surface area contributed by atoms with E-state index in [0.717, 1.165) is 17.7 Å². The molecule has 2 aromatic rings. The van der Waals surface area contributed by atoms with Gasteiger partial charge in [0, 0.05) is 0 Å². The highest BCUT2D eigenvalue weighted by Crippen LogP contribution is 2.22. The van der Waals surface area contributed by atoms with Crippen LogP contribution in [0.5, 0.6) is 0 Å². The second kappa shape index (κ2) is 4.63. The van der Waals surface area contributed by atoms with Crippen molar-refractivity contribution in [2.24, 2.45) is 0 Å². The van der Waals surface area contributed by atoms with E-state index in [-0.39, 0.29) is 0 Å². The molecule has 0 aliphatic rings. The molecule has 0 amide bonds. The first-order valence-electron chi connectivity index (χ1n) is 5.30. The maximum absolute atomic E-state index is 10.9. The van der Waals surface area contributed by atoms with E-state index < -0.39 is 0 Å². The second-order valence-corrected chi connectivity index (χ2v) is 4.30. The van der Waals surface area contributed by atoms with Crippen molar-refractivity contribution in [1.82, 2.24) is 9.78 Å². The van der Waals surface area contributed by atoms with Crippen molar-refractivity contribution in [3.63, 3.8) is 0 Å². The third-order valence-electron chi connectivity index (χ3n) is 2.78. The number of nitriles is 1. The van der Waals surface area contributed by atoms with Gasteiger partial charge in [0.25, 0.3) is 0 Å². The summed E-state index contributed by atoms with van der Waals surface area (Å²) >= 11 is 5.98. The standard InChI is InChI=1S/C13H10ClN3O/c1-8-12(7-18)9(2)17(16-8)11-4-3-10(6-15)13(14)5-11/h3-5,7H,1-2H3. The highest BCUT2D eigenvalue weighted by Gasteiger charge is 2.12. The summed E-state index contributed by atoms with van der Waals surface area (Å²) in [6.45, 7) is 3.59. The third-order valence-corrected chi connectivity index (χ3v) is 3.10. The van der Waals surface area contributed by atoms with E-state index in [1.54, 1.807) is 29.8 Å². The predicted molar refractivity (Wildman–Crippen MR) is 68.2 cm³/mol. The van der Waals surface area contributed by atoms with Crippen molar-refractivity contribution in [3.05, 3.63) is 45.7 Å². The third kappa shape index (κ3) is 1.89. The lowest BCUT2D eigenvalue weighted by atomic mass is 10.2. The van der Waals surface area contributed by atoms with Gasteiger partial charge in [0.1, 0.15) is 6.07 Å². The van der Waals surface area contributed by atoms with E-state index in [1.165, 1.54) is 0 Å². The van der Waals surface area contributed by atoms with E-state index in [1.807, 2.05) is 13.0 Å². The maximum Gasteiger partial charge on any atom is 0.153 e. The number of hydrogen-bond donors (Lipinski definition) is 0. The van der Waals surface area contributed by atoms with Crippen LogP contribution in [0.2, 0.25) is 5.02 Å². The zero-order valence-electron chi connectivity index (χ0n) is 9.94. The first-order valence-corrected chi connectivity index (χ1v) is 5.67. The summed E-state index contributed by atoms with van der Waals surface area (Å²) in [4.78, 5) is 10.9. The van der Waals surface area contributed by atoms with E-state index in [0.29, 0.717) is 21.8 Å². The molecule has 1 heterocycles. The predicted octanol–water partition coefficient (Wildman–Crippen LogP) is 2.83. The van der Waals surface area contributed by atoms with Gasteiger partial charge in [-0.05, 0) is 32.0 Å². The monoisotopic (exact) mass is 259 g/mol. The van der Waals surface area contributed by atoms with Gasteiger partial charge in [0.05, 0.1) is 33.2 Å². The quantitative estimate of drug-likeness (QED) is 0.779. The Balaban J connectivity index is 2.60. The van der Waals surface area contributed by atoms with E-state index in [9.17, 15) is 4.79 Å². The number of carbonyl (C=O) groups excluding carboxylic acids is 1. The molecule has 0 aliphatic carbocycles. The van der Waals surface area contributed by atoms with Crippen molar-refractivity contribution in [2.75, 3.05) is 0 Å². The lowest BCUT2D eigenvalue weighted by Gasteiger charge is -2.05. The van der Waals surface area contributed by atoms with E-state index in [2.05, 4.69) is 5.10 Å². The number of benzene rings is 1. The smallest absolute Gasteiger partial charge is 0.153 e. The molecule has 0 fully saturated rings. The van der Waals surface area contributed by atoms with Crippen LogP contribution in [0.15, 0.2) is 18.2 Å². The average molecular weight is 260 g/mol. The SMILES string of the molecule is Cc1nn(-c2ccc(C#N)c(Cl)c2)c(C)c1C=O. The van der Waals surface area contributed by atoms with Gasteiger partial charge in [-0.3, -0.25) is 4.79 Å². The highest BCUT2D eigenvalue weighted by atomic mass is 35.5. The number of nitrogens with zero attached hydrogens (tertiary/aromatic N) is 3. The Morgan fingerprint density at radius 2 is 2.17 bits per heavy atom. The van der Waals surface area contributed by atoms with Gasteiger partial charge in [-0.15, -0.1) is 0 Å². The van der Waals surface area contributed by atoms with E-state index in [4.69, 9.17) is 16.9 Å². The fourth-order valence-electron chi connectivity index (χ4n) is 1.80. The van der Waals surface area contributed by atoms with Crippen LogP contribution in [0.1, 0.15) is 27.3 Å². The lowest BCUT2D eigenvalue weighted by molar-refractivity contribution is 0.112. The van der Waals surface area contributed by atoms with Crippen LogP contribution < -0.4 is 0 Å². The molecule has 0 N–H and O–H groups in total. The summed E-state index contributed by atoms with van der Waals surface area (Å²) in [6.07, 6.45) is 0.791. The number of aryl methyl sites for hydroxylation is 1. The van der Waals surface area contributed by atoms with Gasteiger partial charge in [-0.2, -0.15) is 10.4 Å². The first-order chi connectivity index (χ1) is 8.58. The second-order valence-electron chi connectivity index (χ2n) is 3.89. The molecule has 0 saturated heterocycles.